The summed E-state index contributed by atoms with van der Waals surface area (Å²) < 4.78 is 5.21. The molecule has 0 aliphatic carbocycles. The molecule has 0 heterocycles. The van der Waals surface area contributed by atoms with Crippen molar-refractivity contribution < 1.29 is 4.74 Å². The minimum Gasteiger partial charge on any atom is -0.479 e. The summed E-state index contributed by atoms with van der Waals surface area (Å²) >= 11 is 1.74. The second kappa shape index (κ2) is 7.46. The normalized spacial score (nSPS) is 9.80. The Kier molecular flexibility index (Phi) is 5.33. The van der Waals surface area contributed by atoms with Gasteiger partial charge >= 0.3 is 0 Å². The van der Waals surface area contributed by atoms with Crippen molar-refractivity contribution >= 4 is 17.4 Å². The molecule has 2 rings (SSSR count). The van der Waals surface area contributed by atoms with Gasteiger partial charge in [-0.1, -0.05) is 12.1 Å². The molecule has 0 bridgehead atoms. The number of rotatable bonds is 6. The summed E-state index contributed by atoms with van der Waals surface area (Å²) in [7, 11) is 0. The van der Waals surface area contributed by atoms with Gasteiger partial charge < -0.3 is 10.1 Å². The maximum absolute atomic E-state index is 8.44. The van der Waals surface area contributed by atoms with Crippen molar-refractivity contribution in [3.05, 3.63) is 54.1 Å². The first kappa shape index (κ1) is 14.3. The van der Waals surface area contributed by atoms with Gasteiger partial charge in [-0.15, -0.1) is 11.8 Å². The molecule has 3 nitrogen and oxygen atoms in total. The highest BCUT2D eigenvalue weighted by Gasteiger charge is 1.97. The lowest BCUT2D eigenvalue weighted by atomic mass is 10.2. The second-order valence-electron chi connectivity index (χ2n) is 4.17. The highest BCUT2D eigenvalue weighted by atomic mass is 32.2. The minimum absolute atomic E-state index is 0.0779. The third-order valence-corrected chi connectivity index (χ3v) is 3.56. The second-order valence-corrected chi connectivity index (χ2v) is 5.05. The van der Waals surface area contributed by atoms with Crippen molar-refractivity contribution in [2.45, 2.75) is 11.4 Å². The average Bonchev–Trinajstić information content (AvgIpc) is 2.52. The van der Waals surface area contributed by atoms with Crippen LogP contribution in [0.4, 0.5) is 5.69 Å². The maximum atomic E-state index is 8.44. The quantitative estimate of drug-likeness (QED) is 0.817. The summed E-state index contributed by atoms with van der Waals surface area (Å²) in [5.74, 6) is 0.710. The first-order valence-corrected chi connectivity index (χ1v) is 7.51. The molecule has 0 radical (unpaired) electrons. The van der Waals surface area contributed by atoms with Crippen LogP contribution in [0.1, 0.15) is 5.56 Å². The molecule has 2 aromatic rings. The van der Waals surface area contributed by atoms with Gasteiger partial charge in [0.2, 0.25) is 0 Å². The molecule has 4 heteroatoms. The van der Waals surface area contributed by atoms with Crippen LogP contribution >= 0.6 is 11.8 Å². The molecule has 0 aromatic heterocycles. The molecular formula is C16H16N2OS. The molecule has 2 aromatic carbocycles. The van der Waals surface area contributed by atoms with Crippen LogP contribution in [0.15, 0.2) is 53.4 Å². The molecule has 20 heavy (non-hydrogen) atoms. The van der Waals surface area contributed by atoms with Crippen molar-refractivity contribution in [2.75, 3.05) is 18.2 Å². The first-order valence-electron chi connectivity index (χ1n) is 6.28. The molecule has 0 unspecified atom stereocenters. The van der Waals surface area contributed by atoms with Gasteiger partial charge in [-0.05, 0) is 48.2 Å². The number of nitrogens with zero attached hydrogens (tertiary/aromatic N) is 1. The summed E-state index contributed by atoms with van der Waals surface area (Å²) in [6.07, 6.45) is 2.07. The standard InChI is InChI=1S/C16H16N2OS/c1-20-16-8-2-13(3-9-16)12-18-14-4-6-15(7-5-14)19-11-10-17/h2-9,18H,11-12H2,1H3. The van der Waals surface area contributed by atoms with Crippen LogP contribution in [-0.2, 0) is 6.54 Å². The van der Waals surface area contributed by atoms with Crippen LogP contribution in [0.25, 0.3) is 0 Å². The Morgan fingerprint density at radius 2 is 1.80 bits per heavy atom. The predicted octanol–water partition coefficient (Wildman–Crippen LogP) is 3.92. The molecule has 0 amide bonds. The van der Waals surface area contributed by atoms with Crippen molar-refractivity contribution in [1.82, 2.24) is 0 Å². The monoisotopic (exact) mass is 284 g/mol. The van der Waals surface area contributed by atoms with Crippen LogP contribution in [0, 0.1) is 11.3 Å². The number of hydrogen-bond acceptors (Lipinski definition) is 4. The zero-order chi connectivity index (χ0) is 14.2. The highest BCUT2D eigenvalue weighted by molar-refractivity contribution is 7.98. The zero-order valence-electron chi connectivity index (χ0n) is 11.3. The Labute approximate surface area is 123 Å². The Hall–Kier alpha value is -2.12. The molecule has 0 aliphatic heterocycles. The predicted molar refractivity (Wildman–Crippen MR) is 83.1 cm³/mol. The van der Waals surface area contributed by atoms with Crippen LogP contribution in [0.2, 0.25) is 0 Å². The van der Waals surface area contributed by atoms with E-state index in [0.717, 1.165) is 12.2 Å². The highest BCUT2D eigenvalue weighted by Crippen LogP contribution is 2.18. The molecule has 0 saturated carbocycles. The van der Waals surface area contributed by atoms with Crippen LogP contribution in [0.3, 0.4) is 0 Å². The topological polar surface area (TPSA) is 45.0 Å². The third kappa shape index (κ3) is 4.22. The number of anilines is 1. The molecule has 0 atom stereocenters. The average molecular weight is 284 g/mol. The SMILES string of the molecule is CSc1ccc(CNc2ccc(OCC#N)cc2)cc1. The van der Waals surface area contributed by atoms with Gasteiger partial charge in [0.1, 0.15) is 11.8 Å². The lowest BCUT2D eigenvalue weighted by molar-refractivity contribution is 0.368. The van der Waals surface area contributed by atoms with Crippen molar-refractivity contribution in [3.8, 4) is 11.8 Å². The van der Waals surface area contributed by atoms with E-state index in [1.165, 1.54) is 10.5 Å². The lowest BCUT2D eigenvalue weighted by Crippen LogP contribution is -1.99. The fourth-order valence-electron chi connectivity index (χ4n) is 1.73. The van der Waals surface area contributed by atoms with Crippen LogP contribution < -0.4 is 10.1 Å². The van der Waals surface area contributed by atoms with E-state index in [-0.39, 0.29) is 6.61 Å². The minimum atomic E-state index is 0.0779. The van der Waals surface area contributed by atoms with E-state index in [9.17, 15) is 0 Å². The van der Waals surface area contributed by atoms with E-state index in [1.54, 1.807) is 11.8 Å². The zero-order valence-corrected chi connectivity index (χ0v) is 12.1. The Morgan fingerprint density at radius 1 is 1.10 bits per heavy atom. The number of thioether (sulfide) groups is 1. The van der Waals surface area contributed by atoms with Gasteiger partial charge in [0.25, 0.3) is 0 Å². The van der Waals surface area contributed by atoms with E-state index in [2.05, 4.69) is 35.8 Å². The number of nitrogens with one attached hydrogen (secondary N) is 1. The summed E-state index contributed by atoms with van der Waals surface area (Å²) in [4.78, 5) is 1.27. The largest absolute Gasteiger partial charge is 0.479 e. The number of benzene rings is 2. The van der Waals surface area contributed by atoms with Gasteiger partial charge in [0.15, 0.2) is 6.61 Å². The van der Waals surface area contributed by atoms with Crippen molar-refractivity contribution in [2.24, 2.45) is 0 Å². The van der Waals surface area contributed by atoms with E-state index in [4.69, 9.17) is 10.00 Å². The van der Waals surface area contributed by atoms with E-state index < -0.39 is 0 Å². The van der Waals surface area contributed by atoms with Gasteiger partial charge in [0.05, 0.1) is 0 Å². The molecule has 0 fully saturated rings. The summed E-state index contributed by atoms with van der Waals surface area (Å²) in [6.45, 7) is 0.863. The van der Waals surface area contributed by atoms with Gasteiger partial charge in [0, 0.05) is 17.1 Å². The number of ether oxygens (including phenoxy) is 1. The summed E-state index contributed by atoms with van der Waals surface area (Å²) in [5.41, 5.74) is 2.27. The summed E-state index contributed by atoms with van der Waals surface area (Å²) in [5, 5.41) is 11.8. The van der Waals surface area contributed by atoms with E-state index in [0.29, 0.717) is 5.75 Å². The Morgan fingerprint density at radius 3 is 2.40 bits per heavy atom. The maximum Gasteiger partial charge on any atom is 0.174 e. The number of nitriles is 1. The fraction of sp³-hybridized carbons (Fsp3) is 0.188. The molecular weight excluding hydrogens is 268 g/mol. The smallest absolute Gasteiger partial charge is 0.174 e. The van der Waals surface area contributed by atoms with Gasteiger partial charge in [-0.25, -0.2) is 0 Å². The van der Waals surface area contributed by atoms with E-state index in [1.807, 2.05) is 30.3 Å². The molecule has 0 saturated heterocycles. The van der Waals surface area contributed by atoms with Gasteiger partial charge in [-0.3, -0.25) is 0 Å². The molecule has 1 N–H and O–H groups in total. The van der Waals surface area contributed by atoms with Crippen molar-refractivity contribution in [3.63, 3.8) is 0 Å². The van der Waals surface area contributed by atoms with Crippen molar-refractivity contribution in [1.29, 1.82) is 5.26 Å². The Balaban J connectivity index is 1.88. The number of hydrogen-bond donors (Lipinski definition) is 1. The molecule has 0 spiro atoms. The summed E-state index contributed by atoms with van der Waals surface area (Å²) in [6, 6.07) is 18.1. The Bertz CT molecular complexity index is 573. The van der Waals surface area contributed by atoms with Gasteiger partial charge in [-0.2, -0.15) is 5.26 Å². The van der Waals surface area contributed by atoms with Crippen LogP contribution in [0.5, 0.6) is 5.75 Å². The van der Waals surface area contributed by atoms with E-state index >= 15 is 0 Å². The molecule has 0 aliphatic rings. The first-order chi connectivity index (χ1) is 9.81. The fourth-order valence-corrected chi connectivity index (χ4v) is 2.14. The molecule has 102 valence electrons. The lowest BCUT2D eigenvalue weighted by Gasteiger charge is -2.08. The third-order valence-electron chi connectivity index (χ3n) is 2.81. The van der Waals surface area contributed by atoms with Crippen LogP contribution in [-0.4, -0.2) is 12.9 Å².